The number of hydrogen-bond acceptors (Lipinski definition) is 3. The van der Waals surface area contributed by atoms with Crippen molar-refractivity contribution in [2.45, 2.75) is 26.8 Å². The molecule has 1 aromatic carbocycles. The van der Waals surface area contributed by atoms with Gasteiger partial charge >= 0.3 is 0 Å². The highest BCUT2D eigenvalue weighted by Crippen LogP contribution is 2.15. The summed E-state index contributed by atoms with van der Waals surface area (Å²) in [5, 5.41) is 0. The molecule has 1 aromatic rings. The smallest absolute Gasteiger partial charge is 0.236 e. The number of piperazine rings is 1. The molecule has 0 radical (unpaired) electrons. The van der Waals surface area contributed by atoms with Crippen LogP contribution in [0.15, 0.2) is 18.2 Å². The molecule has 4 heteroatoms. The molecule has 0 aromatic heterocycles. The van der Waals surface area contributed by atoms with Crippen molar-refractivity contribution in [3.05, 3.63) is 34.9 Å². The Bertz CT molecular complexity index is 539. The number of hydrogen-bond donors (Lipinski definition) is 0. The Morgan fingerprint density at radius 1 is 1.20 bits per heavy atom. The number of rotatable bonds is 3. The molecular weight excluding hydrogens is 252 g/mol. The molecule has 1 aliphatic rings. The van der Waals surface area contributed by atoms with Crippen molar-refractivity contribution in [1.82, 2.24) is 9.80 Å². The number of amides is 1. The summed E-state index contributed by atoms with van der Waals surface area (Å²) in [6, 6.07) is 5.53. The van der Waals surface area contributed by atoms with Crippen molar-refractivity contribution in [1.29, 1.82) is 0 Å². The minimum absolute atomic E-state index is 0.0796. The summed E-state index contributed by atoms with van der Waals surface area (Å²) in [4.78, 5) is 27.9. The van der Waals surface area contributed by atoms with Crippen LogP contribution in [0.4, 0.5) is 0 Å². The Morgan fingerprint density at radius 3 is 2.50 bits per heavy atom. The highest BCUT2D eigenvalue weighted by Gasteiger charge is 2.28. The first-order valence-electron chi connectivity index (χ1n) is 6.99. The fourth-order valence-electron chi connectivity index (χ4n) is 2.41. The zero-order chi connectivity index (χ0) is 14.9. The van der Waals surface area contributed by atoms with Gasteiger partial charge in [-0.2, -0.15) is 0 Å². The molecule has 1 unspecified atom stereocenters. The monoisotopic (exact) mass is 274 g/mol. The third-order valence-corrected chi connectivity index (χ3v) is 4.21. The predicted octanol–water partition coefficient (Wildman–Crippen LogP) is 1.65. The van der Waals surface area contributed by atoms with Crippen LogP contribution in [0.2, 0.25) is 0 Å². The van der Waals surface area contributed by atoms with Crippen molar-refractivity contribution < 1.29 is 9.59 Å². The molecule has 0 saturated carbocycles. The van der Waals surface area contributed by atoms with Gasteiger partial charge in [-0.3, -0.25) is 14.5 Å². The standard InChI is InChI=1S/C16H22N2O2/c1-11-5-6-14(9-12(11)2)16(20)13(3)18-8-7-17(4)15(19)10-18/h5-6,9,13H,7-8,10H2,1-4H3. The maximum atomic E-state index is 12.5. The van der Waals surface area contributed by atoms with E-state index in [1.54, 1.807) is 11.9 Å². The fourth-order valence-corrected chi connectivity index (χ4v) is 2.41. The average Bonchev–Trinajstić information content (AvgIpc) is 2.43. The van der Waals surface area contributed by atoms with E-state index in [0.29, 0.717) is 13.1 Å². The van der Waals surface area contributed by atoms with Crippen LogP contribution in [-0.2, 0) is 4.79 Å². The molecule has 108 valence electrons. The number of benzene rings is 1. The van der Waals surface area contributed by atoms with E-state index in [2.05, 4.69) is 0 Å². The summed E-state index contributed by atoms with van der Waals surface area (Å²) >= 11 is 0. The molecule has 1 fully saturated rings. The summed E-state index contributed by atoms with van der Waals surface area (Å²) in [6.07, 6.45) is 0. The second-order valence-corrected chi connectivity index (χ2v) is 5.63. The van der Waals surface area contributed by atoms with E-state index in [1.165, 1.54) is 5.56 Å². The molecule has 1 aliphatic heterocycles. The summed E-state index contributed by atoms with van der Waals surface area (Å²) in [7, 11) is 1.80. The van der Waals surface area contributed by atoms with E-state index in [-0.39, 0.29) is 17.7 Å². The minimum atomic E-state index is -0.255. The molecule has 1 atom stereocenters. The lowest BCUT2D eigenvalue weighted by molar-refractivity contribution is -0.134. The van der Waals surface area contributed by atoms with Gasteiger partial charge in [0, 0.05) is 25.7 Å². The second kappa shape index (κ2) is 5.75. The van der Waals surface area contributed by atoms with Gasteiger partial charge in [-0.15, -0.1) is 0 Å². The van der Waals surface area contributed by atoms with Gasteiger partial charge in [0.05, 0.1) is 12.6 Å². The fraction of sp³-hybridized carbons (Fsp3) is 0.500. The van der Waals surface area contributed by atoms with E-state index >= 15 is 0 Å². The topological polar surface area (TPSA) is 40.6 Å². The van der Waals surface area contributed by atoms with Crippen LogP contribution in [0.1, 0.15) is 28.4 Å². The number of Topliss-reactive ketones (excluding diaryl/α,β-unsaturated/α-hetero) is 1. The molecule has 0 N–H and O–H groups in total. The van der Waals surface area contributed by atoms with Crippen molar-refractivity contribution in [2.24, 2.45) is 0 Å². The van der Waals surface area contributed by atoms with Crippen LogP contribution in [0.3, 0.4) is 0 Å². The molecular formula is C16H22N2O2. The zero-order valence-electron chi connectivity index (χ0n) is 12.6. The van der Waals surface area contributed by atoms with E-state index in [4.69, 9.17) is 0 Å². The third kappa shape index (κ3) is 2.90. The Morgan fingerprint density at radius 2 is 1.90 bits per heavy atom. The van der Waals surface area contributed by atoms with Gasteiger partial charge in [-0.05, 0) is 38.0 Å². The Balaban J connectivity index is 2.12. The van der Waals surface area contributed by atoms with Gasteiger partial charge in [0.1, 0.15) is 0 Å². The summed E-state index contributed by atoms with van der Waals surface area (Å²) in [6.45, 7) is 7.69. The van der Waals surface area contributed by atoms with E-state index < -0.39 is 0 Å². The Labute approximate surface area is 120 Å². The quantitative estimate of drug-likeness (QED) is 0.787. The summed E-state index contributed by atoms with van der Waals surface area (Å²) in [5.41, 5.74) is 3.04. The molecule has 0 bridgehead atoms. The van der Waals surface area contributed by atoms with E-state index in [1.807, 2.05) is 43.9 Å². The number of carbonyl (C=O) groups excluding carboxylic acids is 2. The van der Waals surface area contributed by atoms with Gasteiger partial charge in [-0.25, -0.2) is 0 Å². The van der Waals surface area contributed by atoms with Crippen LogP contribution in [-0.4, -0.2) is 54.2 Å². The minimum Gasteiger partial charge on any atom is -0.343 e. The Hall–Kier alpha value is -1.68. The van der Waals surface area contributed by atoms with Crippen LogP contribution >= 0.6 is 0 Å². The van der Waals surface area contributed by atoms with Crippen molar-refractivity contribution >= 4 is 11.7 Å². The summed E-state index contributed by atoms with van der Waals surface area (Å²) < 4.78 is 0. The van der Waals surface area contributed by atoms with E-state index in [0.717, 1.165) is 17.7 Å². The number of aryl methyl sites for hydroxylation is 2. The van der Waals surface area contributed by atoms with Gasteiger partial charge < -0.3 is 4.90 Å². The molecule has 1 amide bonds. The van der Waals surface area contributed by atoms with E-state index in [9.17, 15) is 9.59 Å². The van der Waals surface area contributed by atoms with Crippen molar-refractivity contribution in [2.75, 3.05) is 26.7 Å². The molecule has 1 saturated heterocycles. The van der Waals surface area contributed by atoms with Crippen LogP contribution in [0, 0.1) is 13.8 Å². The normalized spacial score (nSPS) is 18.2. The lowest BCUT2D eigenvalue weighted by Crippen LogP contribution is -2.53. The molecule has 0 aliphatic carbocycles. The van der Waals surface area contributed by atoms with Gasteiger partial charge in [-0.1, -0.05) is 12.1 Å². The summed E-state index contributed by atoms with van der Waals surface area (Å²) in [5.74, 6) is 0.168. The van der Waals surface area contributed by atoms with Crippen molar-refractivity contribution in [3.8, 4) is 0 Å². The first-order valence-corrected chi connectivity index (χ1v) is 6.99. The van der Waals surface area contributed by atoms with Gasteiger partial charge in [0.2, 0.25) is 5.91 Å². The van der Waals surface area contributed by atoms with Crippen LogP contribution in [0.5, 0.6) is 0 Å². The highest BCUT2D eigenvalue weighted by atomic mass is 16.2. The molecule has 20 heavy (non-hydrogen) atoms. The molecule has 1 heterocycles. The maximum absolute atomic E-state index is 12.5. The lowest BCUT2D eigenvalue weighted by atomic mass is 9.99. The average molecular weight is 274 g/mol. The molecule has 4 nitrogen and oxygen atoms in total. The predicted molar refractivity (Wildman–Crippen MR) is 78.9 cm³/mol. The second-order valence-electron chi connectivity index (χ2n) is 5.63. The van der Waals surface area contributed by atoms with Gasteiger partial charge in [0.25, 0.3) is 0 Å². The number of ketones is 1. The highest BCUT2D eigenvalue weighted by molar-refractivity contribution is 6.00. The SMILES string of the molecule is Cc1ccc(C(=O)C(C)N2CCN(C)C(=O)C2)cc1C. The molecule has 0 spiro atoms. The number of nitrogens with zero attached hydrogens (tertiary/aromatic N) is 2. The number of carbonyl (C=O) groups is 2. The Kier molecular flexibility index (Phi) is 4.23. The largest absolute Gasteiger partial charge is 0.343 e. The molecule has 2 rings (SSSR count). The zero-order valence-corrected chi connectivity index (χ0v) is 12.6. The lowest BCUT2D eigenvalue weighted by Gasteiger charge is -2.35. The first-order chi connectivity index (χ1) is 9.40. The number of likely N-dealkylation sites (N-methyl/N-ethyl adjacent to an activating group) is 1. The van der Waals surface area contributed by atoms with Gasteiger partial charge in [0.15, 0.2) is 5.78 Å². The third-order valence-electron chi connectivity index (χ3n) is 4.21. The van der Waals surface area contributed by atoms with Crippen LogP contribution < -0.4 is 0 Å². The maximum Gasteiger partial charge on any atom is 0.236 e. The van der Waals surface area contributed by atoms with Crippen molar-refractivity contribution in [3.63, 3.8) is 0 Å². The van der Waals surface area contributed by atoms with Crippen LogP contribution in [0.25, 0.3) is 0 Å². The first kappa shape index (κ1) is 14.7.